The fourth-order valence-corrected chi connectivity index (χ4v) is 3.15. The lowest BCUT2D eigenvalue weighted by atomic mass is 9.99. The Morgan fingerprint density at radius 1 is 0.897 bits per heavy atom. The highest BCUT2D eigenvalue weighted by Gasteiger charge is 2.43. The fourth-order valence-electron chi connectivity index (χ4n) is 3.15. The van der Waals surface area contributed by atoms with Gasteiger partial charge in [0.1, 0.15) is 11.6 Å². The number of hydrogen-bond acceptors (Lipinski definition) is 3. The van der Waals surface area contributed by atoms with E-state index < -0.39 is 17.9 Å². The Morgan fingerprint density at radius 3 is 2.28 bits per heavy atom. The predicted octanol–water partition coefficient (Wildman–Crippen LogP) is 6.34. The van der Waals surface area contributed by atoms with E-state index in [1.807, 2.05) is 0 Å². The summed E-state index contributed by atoms with van der Waals surface area (Å²) in [6.45, 7) is 5.44. The second-order valence-corrected chi connectivity index (χ2v) is 6.56. The average molecular weight is 401 g/mol. The van der Waals surface area contributed by atoms with Gasteiger partial charge in [-0.3, -0.25) is 0 Å². The molecule has 4 rings (SSSR count). The molecule has 0 amide bonds. The number of anilines is 1. The van der Waals surface area contributed by atoms with Gasteiger partial charge >= 0.3 is 6.29 Å². The van der Waals surface area contributed by atoms with Crippen molar-refractivity contribution < 1.29 is 27.0 Å². The average Bonchev–Trinajstić information content (AvgIpc) is 2.94. The highest BCUT2D eigenvalue weighted by Crippen LogP contribution is 2.45. The zero-order valence-corrected chi connectivity index (χ0v) is 15.2. The Balaban J connectivity index is 1.62. The van der Waals surface area contributed by atoms with Crippen molar-refractivity contribution in [3.8, 4) is 22.6 Å². The maximum atomic E-state index is 14.8. The molecule has 1 N–H and O–H groups in total. The van der Waals surface area contributed by atoms with E-state index >= 15 is 0 Å². The van der Waals surface area contributed by atoms with E-state index in [9.17, 15) is 17.6 Å². The van der Waals surface area contributed by atoms with Crippen LogP contribution in [0.25, 0.3) is 16.8 Å². The predicted molar refractivity (Wildman–Crippen MR) is 102 cm³/mol. The molecule has 0 atom stereocenters. The van der Waals surface area contributed by atoms with Crippen molar-refractivity contribution in [2.75, 3.05) is 5.32 Å². The van der Waals surface area contributed by atoms with Crippen molar-refractivity contribution in [2.45, 2.75) is 13.2 Å². The van der Waals surface area contributed by atoms with Gasteiger partial charge in [0.25, 0.3) is 0 Å². The zero-order valence-electron chi connectivity index (χ0n) is 15.2. The second kappa shape index (κ2) is 6.84. The van der Waals surface area contributed by atoms with Crippen molar-refractivity contribution in [3.05, 3.63) is 83.9 Å². The molecule has 0 fully saturated rings. The summed E-state index contributed by atoms with van der Waals surface area (Å²) in [4.78, 5) is 0. The largest absolute Gasteiger partial charge is 0.586 e. The molecule has 0 radical (unpaired) electrons. The lowest BCUT2D eigenvalue weighted by molar-refractivity contribution is -0.286. The normalized spacial score (nSPS) is 14.0. The van der Waals surface area contributed by atoms with Crippen LogP contribution >= 0.6 is 0 Å². The van der Waals surface area contributed by atoms with Gasteiger partial charge in [-0.1, -0.05) is 18.7 Å². The number of aryl methyl sites for hydroxylation is 1. The molecule has 0 unspecified atom stereocenters. The molecular formula is C22H15F4NO2. The highest BCUT2D eigenvalue weighted by molar-refractivity contribution is 5.78. The summed E-state index contributed by atoms with van der Waals surface area (Å²) in [6.07, 6.45) is -3.74. The zero-order chi connectivity index (χ0) is 20.8. The van der Waals surface area contributed by atoms with Gasteiger partial charge in [0.05, 0.1) is 0 Å². The maximum Gasteiger partial charge on any atom is 0.586 e. The number of halogens is 4. The van der Waals surface area contributed by atoms with Gasteiger partial charge in [-0.25, -0.2) is 8.78 Å². The van der Waals surface area contributed by atoms with E-state index in [1.165, 1.54) is 30.3 Å². The number of fused-ring (bicyclic) bond motifs is 1. The molecule has 7 heteroatoms. The van der Waals surface area contributed by atoms with Gasteiger partial charge in [-0.15, -0.1) is 8.78 Å². The molecule has 29 heavy (non-hydrogen) atoms. The molecule has 3 aromatic rings. The van der Waals surface area contributed by atoms with Crippen LogP contribution in [-0.4, -0.2) is 6.29 Å². The Morgan fingerprint density at radius 2 is 1.59 bits per heavy atom. The number of hydrogen-bond donors (Lipinski definition) is 1. The topological polar surface area (TPSA) is 30.5 Å². The van der Waals surface area contributed by atoms with Crippen molar-refractivity contribution in [1.82, 2.24) is 0 Å². The summed E-state index contributed by atoms with van der Waals surface area (Å²) in [5.41, 5.74) is 2.04. The molecular weight excluding hydrogens is 386 g/mol. The first-order valence-electron chi connectivity index (χ1n) is 8.65. The Labute approximate surface area is 164 Å². The van der Waals surface area contributed by atoms with Crippen LogP contribution < -0.4 is 14.8 Å². The second-order valence-electron chi connectivity index (χ2n) is 6.56. The molecule has 3 aromatic carbocycles. The summed E-state index contributed by atoms with van der Waals surface area (Å²) in [7, 11) is 0. The first-order valence-corrected chi connectivity index (χ1v) is 8.65. The third-order valence-electron chi connectivity index (χ3n) is 4.50. The Bertz CT molecular complexity index is 1130. The van der Waals surface area contributed by atoms with Crippen LogP contribution in [0.2, 0.25) is 0 Å². The van der Waals surface area contributed by atoms with Crippen molar-refractivity contribution in [3.63, 3.8) is 0 Å². The Hall–Kier alpha value is -3.48. The molecule has 0 spiro atoms. The molecule has 0 saturated heterocycles. The first kappa shape index (κ1) is 18.9. The summed E-state index contributed by atoms with van der Waals surface area (Å²) in [5, 5.41) is 2.87. The lowest BCUT2D eigenvalue weighted by Gasteiger charge is -2.13. The standard InChI is InChI=1S/C22H15F4NO2/c1-12-9-20-21(29-22(25,26)28-20)11-17(12)16-8-7-14(10-19(16)24)27-13(2)15-5-3-4-6-18(15)23/h3-11,27H,2H2,1H3. The minimum atomic E-state index is -3.74. The molecule has 0 saturated carbocycles. The van der Waals surface area contributed by atoms with Crippen LogP contribution in [0.4, 0.5) is 23.2 Å². The summed E-state index contributed by atoms with van der Waals surface area (Å²) < 4.78 is 64.0. The van der Waals surface area contributed by atoms with Crippen LogP contribution in [-0.2, 0) is 0 Å². The van der Waals surface area contributed by atoms with E-state index in [-0.39, 0.29) is 28.3 Å². The van der Waals surface area contributed by atoms with Crippen molar-refractivity contribution in [1.29, 1.82) is 0 Å². The first-order chi connectivity index (χ1) is 13.7. The molecule has 0 aromatic heterocycles. The molecule has 1 aliphatic heterocycles. The monoisotopic (exact) mass is 401 g/mol. The van der Waals surface area contributed by atoms with Gasteiger partial charge in [0, 0.05) is 22.5 Å². The molecule has 1 heterocycles. The maximum absolute atomic E-state index is 14.8. The van der Waals surface area contributed by atoms with E-state index in [0.29, 0.717) is 16.8 Å². The van der Waals surface area contributed by atoms with E-state index in [0.717, 1.165) is 0 Å². The number of alkyl halides is 2. The molecule has 1 aliphatic rings. The fraction of sp³-hybridized carbons (Fsp3) is 0.0909. The van der Waals surface area contributed by atoms with Crippen LogP contribution in [0.1, 0.15) is 11.1 Å². The lowest BCUT2D eigenvalue weighted by Crippen LogP contribution is -2.25. The summed E-state index contributed by atoms with van der Waals surface area (Å²) >= 11 is 0. The third-order valence-corrected chi connectivity index (χ3v) is 4.50. The van der Waals surface area contributed by atoms with Gasteiger partial charge < -0.3 is 14.8 Å². The van der Waals surface area contributed by atoms with Crippen LogP contribution in [0.3, 0.4) is 0 Å². The minimum absolute atomic E-state index is 0.101. The Kier molecular flexibility index (Phi) is 4.45. The van der Waals surface area contributed by atoms with Crippen molar-refractivity contribution in [2.24, 2.45) is 0 Å². The van der Waals surface area contributed by atoms with Gasteiger partial charge in [0.15, 0.2) is 11.5 Å². The van der Waals surface area contributed by atoms with Gasteiger partial charge in [-0.2, -0.15) is 0 Å². The molecule has 0 bridgehead atoms. The van der Waals surface area contributed by atoms with Crippen LogP contribution in [0.5, 0.6) is 11.5 Å². The van der Waals surface area contributed by atoms with E-state index in [1.54, 1.807) is 31.2 Å². The van der Waals surface area contributed by atoms with E-state index in [4.69, 9.17) is 0 Å². The third kappa shape index (κ3) is 3.63. The van der Waals surface area contributed by atoms with Crippen LogP contribution in [0, 0.1) is 18.6 Å². The number of ether oxygens (including phenoxy) is 2. The van der Waals surface area contributed by atoms with Crippen molar-refractivity contribution >= 4 is 11.4 Å². The summed E-state index contributed by atoms with van der Waals surface area (Å²) in [6, 6.07) is 13.1. The van der Waals surface area contributed by atoms with E-state index in [2.05, 4.69) is 21.4 Å². The molecule has 148 valence electrons. The van der Waals surface area contributed by atoms with Gasteiger partial charge in [0.2, 0.25) is 0 Å². The highest BCUT2D eigenvalue weighted by atomic mass is 19.3. The van der Waals surface area contributed by atoms with Crippen LogP contribution in [0.15, 0.2) is 61.2 Å². The number of rotatable bonds is 4. The molecule has 0 aliphatic carbocycles. The minimum Gasteiger partial charge on any atom is -0.395 e. The van der Waals surface area contributed by atoms with Gasteiger partial charge in [-0.05, 0) is 60.5 Å². The quantitative estimate of drug-likeness (QED) is 0.517. The SMILES string of the molecule is C=C(Nc1ccc(-c2cc3c(cc2C)OC(F)(F)O3)c(F)c1)c1ccccc1F. The number of nitrogens with one attached hydrogen (secondary N) is 1. The smallest absolute Gasteiger partial charge is 0.395 e. The molecule has 3 nitrogen and oxygen atoms in total. The number of benzene rings is 3. The summed E-state index contributed by atoms with van der Waals surface area (Å²) in [5.74, 6) is -1.30.